The Morgan fingerprint density at radius 1 is 1.43 bits per heavy atom. The molecule has 1 aromatic heterocycles. The zero-order valence-electron chi connectivity index (χ0n) is 12.7. The number of hydrogen-bond donors (Lipinski definition) is 2. The fourth-order valence-corrected chi connectivity index (χ4v) is 1.47. The molecule has 0 spiro atoms. The number of H-pyrrole nitrogens is 1. The van der Waals surface area contributed by atoms with Gasteiger partial charge in [-0.1, -0.05) is 12.2 Å². The van der Waals surface area contributed by atoms with Crippen LogP contribution in [-0.4, -0.2) is 41.5 Å². The molecule has 7 nitrogen and oxygen atoms in total. The maximum Gasteiger partial charge on any atom is 0.407 e. The van der Waals surface area contributed by atoms with Crippen LogP contribution in [0.25, 0.3) is 6.08 Å². The van der Waals surface area contributed by atoms with Crippen LogP contribution in [0.15, 0.2) is 12.3 Å². The molecule has 0 atom stereocenters. The van der Waals surface area contributed by atoms with Crippen LogP contribution in [0.1, 0.15) is 43.2 Å². The Hall–Kier alpha value is -2.31. The fourth-order valence-electron chi connectivity index (χ4n) is 1.47. The van der Waals surface area contributed by atoms with Crippen molar-refractivity contribution >= 4 is 18.1 Å². The van der Waals surface area contributed by atoms with Crippen molar-refractivity contribution in [3.63, 3.8) is 0 Å². The normalized spacial score (nSPS) is 11.4. The molecule has 1 amide bonds. The lowest BCUT2D eigenvalue weighted by Gasteiger charge is -2.19. The lowest BCUT2D eigenvalue weighted by atomic mass is 10.2. The van der Waals surface area contributed by atoms with Gasteiger partial charge < -0.3 is 14.8 Å². The molecule has 0 aromatic carbocycles. The minimum Gasteiger partial charge on any atom is -0.464 e. The number of rotatable bonds is 5. The average molecular weight is 295 g/mol. The number of alkyl carbamates (subject to hydrolysis) is 1. The maximum absolute atomic E-state index is 11.4. The van der Waals surface area contributed by atoms with E-state index in [0.717, 1.165) is 0 Å². The van der Waals surface area contributed by atoms with Gasteiger partial charge in [0, 0.05) is 12.1 Å². The SMILES string of the molecule is COC(=O)c1[nH]ncc1C=CCCNC(=O)OC(C)(C)C. The van der Waals surface area contributed by atoms with E-state index in [1.807, 2.05) is 6.08 Å². The summed E-state index contributed by atoms with van der Waals surface area (Å²) in [6.45, 7) is 5.86. The molecule has 1 rings (SSSR count). The number of aromatic nitrogens is 2. The monoisotopic (exact) mass is 295 g/mol. The van der Waals surface area contributed by atoms with Crippen LogP contribution in [0.3, 0.4) is 0 Å². The summed E-state index contributed by atoms with van der Waals surface area (Å²) in [4.78, 5) is 22.8. The van der Waals surface area contributed by atoms with E-state index in [9.17, 15) is 9.59 Å². The van der Waals surface area contributed by atoms with Gasteiger partial charge in [-0.05, 0) is 27.2 Å². The Labute approximate surface area is 123 Å². The van der Waals surface area contributed by atoms with Crippen LogP contribution >= 0.6 is 0 Å². The Balaban J connectivity index is 2.38. The highest BCUT2D eigenvalue weighted by Crippen LogP contribution is 2.09. The molecule has 0 radical (unpaired) electrons. The number of hydrogen-bond acceptors (Lipinski definition) is 5. The second-order valence-corrected chi connectivity index (χ2v) is 5.31. The van der Waals surface area contributed by atoms with Crippen LogP contribution in [-0.2, 0) is 9.47 Å². The van der Waals surface area contributed by atoms with Gasteiger partial charge in [-0.2, -0.15) is 5.10 Å². The number of methoxy groups -OCH3 is 1. The first-order valence-electron chi connectivity index (χ1n) is 6.58. The maximum atomic E-state index is 11.4. The van der Waals surface area contributed by atoms with Gasteiger partial charge in [-0.15, -0.1) is 0 Å². The molecule has 1 aromatic rings. The zero-order valence-corrected chi connectivity index (χ0v) is 12.7. The summed E-state index contributed by atoms with van der Waals surface area (Å²) >= 11 is 0. The molecule has 116 valence electrons. The quantitative estimate of drug-likeness (QED) is 0.641. The third-order valence-corrected chi connectivity index (χ3v) is 2.33. The first-order valence-corrected chi connectivity index (χ1v) is 6.58. The highest BCUT2D eigenvalue weighted by Gasteiger charge is 2.15. The molecule has 0 saturated carbocycles. The molecule has 21 heavy (non-hydrogen) atoms. The van der Waals surface area contributed by atoms with Crippen LogP contribution in [0.4, 0.5) is 4.79 Å². The van der Waals surface area contributed by atoms with E-state index in [1.54, 1.807) is 26.8 Å². The summed E-state index contributed by atoms with van der Waals surface area (Å²) in [5.74, 6) is -0.473. The molecule has 1 heterocycles. The lowest BCUT2D eigenvalue weighted by molar-refractivity contribution is 0.0527. The van der Waals surface area contributed by atoms with Crippen molar-refractivity contribution in [3.05, 3.63) is 23.5 Å². The van der Waals surface area contributed by atoms with Gasteiger partial charge in [-0.25, -0.2) is 9.59 Å². The van der Waals surface area contributed by atoms with Crippen LogP contribution in [0.2, 0.25) is 0 Å². The van der Waals surface area contributed by atoms with Gasteiger partial charge in [-0.3, -0.25) is 5.10 Å². The van der Waals surface area contributed by atoms with Crippen molar-refractivity contribution in [2.24, 2.45) is 0 Å². The van der Waals surface area contributed by atoms with E-state index < -0.39 is 17.7 Å². The first kappa shape index (κ1) is 16.7. The van der Waals surface area contributed by atoms with E-state index >= 15 is 0 Å². The number of amides is 1. The van der Waals surface area contributed by atoms with Gasteiger partial charge in [0.15, 0.2) is 5.69 Å². The number of nitrogens with zero attached hydrogens (tertiary/aromatic N) is 1. The van der Waals surface area contributed by atoms with Gasteiger partial charge in [0.1, 0.15) is 5.60 Å². The summed E-state index contributed by atoms with van der Waals surface area (Å²) in [5.41, 5.74) is 0.430. The van der Waals surface area contributed by atoms with Gasteiger partial charge in [0.25, 0.3) is 0 Å². The topological polar surface area (TPSA) is 93.3 Å². The average Bonchev–Trinajstić information content (AvgIpc) is 2.83. The van der Waals surface area contributed by atoms with Crippen LogP contribution in [0, 0.1) is 0 Å². The van der Waals surface area contributed by atoms with Crippen molar-refractivity contribution in [3.8, 4) is 0 Å². The molecule has 0 aliphatic rings. The molecule has 0 fully saturated rings. The van der Waals surface area contributed by atoms with Gasteiger partial charge >= 0.3 is 12.1 Å². The van der Waals surface area contributed by atoms with E-state index in [-0.39, 0.29) is 0 Å². The number of carbonyl (C=O) groups is 2. The summed E-state index contributed by atoms with van der Waals surface area (Å²) in [6, 6.07) is 0. The van der Waals surface area contributed by atoms with Crippen molar-refractivity contribution in [2.75, 3.05) is 13.7 Å². The van der Waals surface area contributed by atoms with Crippen LogP contribution < -0.4 is 5.32 Å². The van der Waals surface area contributed by atoms with E-state index in [0.29, 0.717) is 24.2 Å². The van der Waals surface area contributed by atoms with Gasteiger partial charge in [0.2, 0.25) is 0 Å². The van der Waals surface area contributed by atoms with Crippen molar-refractivity contribution in [1.82, 2.24) is 15.5 Å². The number of aromatic amines is 1. The first-order chi connectivity index (χ1) is 9.83. The van der Waals surface area contributed by atoms with E-state index in [2.05, 4.69) is 20.3 Å². The molecule has 7 heteroatoms. The summed E-state index contributed by atoms with van der Waals surface area (Å²) in [5, 5.41) is 9.01. The Bertz CT molecular complexity index is 515. The Morgan fingerprint density at radius 2 is 2.14 bits per heavy atom. The third kappa shape index (κ3) is 6.11. The molecular formula is C14H21N3O4. The van der Waals surface area contributed by atoms with Crippen molar-refractivity contribution in [2.45, 2.75) is 32.8 Å². The van der Waals surface area contributed by atoms with Crippen molar-refractivity contribution < 1.29 is 19.1 Å². The largest absolute Gasteiger partial charge is 0.464 e. The number of carbonyl (C=O) groups excluding carboxylic acids is 2. The zero-order chi connectivity index (χ0) is 15.9. The summed E-state index contributed by atoms with van der Waals surface area (Å²) < 4.78 is 9.73. The number of ether oxygens (including phenoxy) is 2. The molecular weight excluding hydrogens is 274 g/mol. The van der Waals surface area contributed by atoms with Crippen LogP contribution in [0.5, 0.6) is 0 Å². The highest BCUT2D eigenvalue weighted by molar-refractivity contribution is 5.91. The minimum atomic E-state index is -0.508. The fraction of sp³-hybridized carbons (Fsp3) is 0.500. The number of nitrogens with one attached hydrogen (secondary N) is 2. The standard InChI is InChI=1S/C14H21N3O4/c1-14(2,3)21-13(19)15-8-6-5-7-10-9-16-17-11(10)12(18)20-4/h5,7,9H,6,8H2,1-4H3,(H,15,19)(H,16,17). The number of esters is 1. The van der Waals surface area contributed by atoms with Gasteiger partial charge in [0.05, 0.1) is 13.3 Å². The van der Waals surface area contributed by atoms with Crippen molar-refractivity contribution in [1.29, 1.82) is 0 Å². The molecule has 2 N–H and O–H groups in total. The Morgan fingerprint density at radius 3 is 2.76 bits per heavy atom. The molecule has 0 aliphatic carbocycles. The second-order valence-electron chi connectivity index (χ2n) is 5.31. The highest BCUT2D eigenvalue weighted by atomic mass is 16.6. The molecule has 0 saturated heterocycles. The lowest BCUT2D eigenvalue weighted by Crippen LogP contribution is -2.32. The summed E-state index contributed by atoms with van der Waals surface area (Å²) in [7, 11) is 1.31. The third-order valence-electron chi connectivity index (χ3n) is 2.33. The predicted octanol–water partition coefficient (Wildman–Crippen LogP) is 2.12. The molecule has 0 unspecified atom stereocenters. The smallest absolute Gasteiger partial charge is 0.407 e. The van der Waals surface area contributed by atoms with E-state index in [1.165, 1.54) is 13.3 Å². The predicted molar refractivity (Wildman–Crippen MR) is 77.8 cm³/mol. The molecule has 0 bridgehead atoms. The minimum absolute atomic E-state index is 0.300. The van der Waals surface area contributed by atoms with E-state index in [4.69, 9.17) is 4.74 Å². The molecule has 0 aliphatic heterocycles. The Kier molecular flexibility index (Phi) is 5.95. The second kappa shape index (κ2) is 7.47. The summed E-state index contributed by atoms with van der Waals surface area (Å²) in [6.07, 6.45) is 5.26.